The van der Waals surface area contributed by atoms with Crippen molar-refractivity contribution in [1.82, 2.24) is 4.90 Å². The topological polar surface area (TPSA) is 101 Å². The van der Waals surface area contributed by atoms with E-state index in [1.165, 1.54) is 0 Å². The zero-order valence-electron chi connectivity index (χ0n) is 9.84. The maximum absolute atomic E-state index is 11.1. The van der Waals surface area contributed by atoms with Crippen LogP contribution in [0.2, 0.25) is 0 Å². The van der Waals surface area contributed by atoms with Crippen LogP contribution in [0.5, 0.6) is 0 Å². The van der Waals surface area contributed by atoms with Crippen molar-refractivity contribution in [3.05, 3.63) is 22.8 Å². The molecule has 0 spiro atoms. The summed E-state index contributed by atoms with van der Waals surface area (Å²) in [7, 11) is 0. The van der Waals surface area contributed by atoms with Gasteiger partial charge in [-0.2, -0.15) is 0 Å². The maximum atomic E-state index is 11.1. The summed E-state index contributed by atoms with van der Waals surface area (Å²) in [6, 6.07) is 0. The summed E-state index contributed by atoms with van der Waals surface area (Å²) in [5.41, 5.74) is -0.260. The molecule has 1 amide bonds. The minimum atomic E-state index is -1.49. The van der Waals surface area contributed by atoms with Gasteiger partial charge in [-0.15, -0.1) is 0 Å². The van der Waals surface area contributed by atoms with E-state index in [1.807, 2.05) is 0 Å². The number of carbonyl (C=O) groups is 3. The molecule has 0 bridgehead atoms. The number of rotatable bonds is 3. The molecule has 0 saturated carbocycles. The monoisotopic (exact) mass is 285 g/mol. The minimum Gasteiger partial charge on any atom is -0.545 e. The molecule has 0 aromatic heterocycles. The van der Waals surface area contributed by atoms with Gasteiger partial charge in [0.2, 0.25) is 5.91 Å². The molecule has 6 nitrogen and oxygen atoms in total. The van der Waals surface area contributed by atoms with Gasteiger partial charge in [0, 0.05) is 4.91 Å². The van der Waals surface area contributed by atoms with Gasteiger partial charge in [0.25, 0.3) is 0 Å². The summed E-state index contributed by atoms with van der Waals surface area (Å²) in [5, 5.41) is 20.8. The van der Waals surface area contributed by atoms with Crippen molar-refractivity contribution in [2.24, 2.45) is 0 Å². The van der Waals surface area contributed by atoms with E-state index in [-0.39, 0.29) is 87.4 Å². The number of hydrogen-bond acceptors (Lipinski definition) is 6. The van der Waals surface area contributed by atoms with Crippen LogP contribution in [0, 0.1) is 0 Å². The fourth-order valence-electron chi connectivity index (χ4n) is 1.53. The largest absolute Gasteiger partial charge is 1.00 e. The molecule has 0 aromatic carbocycles. The van der Waals surface area contributed by atoms with E-state index in [9.17, 15) is 24.6 Å². The number of aliphatic carboxylic acids is 2. The third-order valence-corrected chi connectivity index (χ3v) is 3.44. The molecule has 0 radical (unpaired) electrons. The van der Waals surface area contributed by atoms with E-state index in [0.29, 0.717) is 0 Å². The number of fused-ring (bicyclic) bond motifs is 1. The summed E-state index contributed by atoms with van der Waals surface area (Å²) >= 11 is 1.13. The molecule has 1 fully saturated rings. The van der Waals surface area contributed by atoms with Crippen LogP contribution < -0.4 is 69.3 Å². The van der Waals surface area contributed by atoms with Crippen molar-refractivity contribution < 1.29 is 83.7 Å². The zero-order valence-corrected chi connectivity index (χ0v) is 14.7. The van der Waals surface area contributed by atoms with Crippen LogP contribution >= 0.6 is 11.8 Å². The molecule has 2 rings (SSSR count). The Morgan fingerprint density at radius 3 is 2.39 bits per heavy atom. The fraction of sp³-hybridized carbons (Fsp3) is 0.222. The molecule has 2 aliphatic heterocycles. The number of carboxylic acids is 2. The molecule has 18 heavy (non-hydrogen) atoms. The Bertz CT molecular complexity index is 462. The molecule has 1 saturated heterocycles. The molecule has 84 valence electrons. The van der Waals surface area contributed by atoms with E-state index < -0.39 is 11.9 Å². The Kier molecular flexibility index (Phi) is 7.23. The van der Waals surface area contributed by atoms with Gasteiger partial charge in [-0.3, -0.25) is 9.69 Å². The van der Waals surface area contributed by atoms with Gasteiger partial charge < -0.3 is 19.8 Å². The predicted octanol–water partition coefficient (Wildman–Crippen LogP) is -8.43. The number of carbonyl (C=O) groups excluding carboxylic acids is 3. The van der Waals surface area contributed by atoms with Crippen LogP contribution in [-0.4, -0.2) is 28.1 Å². The number of allylic oxidation sites excluding steroid dienone is 1. The molecule has 0 aliphatic carbocycles. The number of carboxylic acid groups (broad SMARTS) is 2. The predicted molar refractivity (Wildman–Crippen MR) is 49.0 cm³/mol. The first-order valence-corrected chi connectivity index (χ1v) is 5.22. The van der Waals surface area contributed by atoms with Crippen molar-refractivity contribution in [1.29, 1.82) is 0 Å². The third-order valence-electron chi connectivity index (χ3n) is 2.21. The second-order valence-electron chi connectivity index (χ2n) is 3.19. The summed E-state index contributed by atoms with van der Waals surface area (Å²) in [6.07, 6.45) is 2.09. The van der Waals surface area contributed by atoms with Gasteiger partial charge in [-0.25, -0.2) is 0 Å². The average Bonchev–Trinajstić information content (AvgIpc) is 2.47. The van der Waals surface area contributed by atoms with Gasteiger partial charge in [-0.1, -0.05) is 11.8 Å². The molecule has 9 heteroatoms. The molecule has 1 atom stereocenters. The van der Waals surface area contributed by atoms with Crippen LogP contribution in [-0.2, 0) is 14.4 Å². The third kappa shape index (κ3) is 3.41. The first kappa shape index (κ1) is 18.2. The molecule has 2 aliphatic rings. The minimum absolute atomic E-state index is 0. The molecule has 0 N–H and O–H groups in total. The van der Waals surface area contributed by atoms with Crippen LogP contribution in [0.4, 0.5) is 0 Å². The average molecular weight is 285 g/mol. The zero-order chi connectivity index (χ0) is 11.9. The summed E-state index contributed by atoms with van der Waals surface area (Å²) < 4.78 is 0. The van der Waals surface area contributed by atoms with Gasteiger partial charge in [0.1, 0.15) is 0 Å². The fourth-order valence-corrected chi connectivity index (χ4v) is 2.82. The normalized spacial score (nSPS) is 21.0. The van der Waals surface area contributed by atoms with Crippen LogP contribution in [0.25, 0.3) is 0 Å². The molecule has 2 heterocycles. The Balaban J connectivity index is 0.00000144. The number of hydrogen-bond donors (Lipinski definition) is 0. The van der Waals surface area contributed by atoms with E-state index >= 15 is 0 Å². The smallest absolute Gasteiger partial charge is 0.545 e. The van der Waals surface area contributed by atoms with Crippen LogP contribution in [0.1, 0.15) is 6.42 Å². The molecule has 0 unspecified atom stereocenters. The van der Waals surface area contributed by atoms with Gasteiger partial charge in [0.15, 0.2) is 0 Å². The van der Waals surface area contributed by atoms with Crippen LogP contribution in [0.3, 0.4) is 0 Å². The van der Waals surface area contributed by atoms with Crippen molar-refractivity contribution >= 4 is 29.6 Å². The molecular formula is C9H5NNa2O5S. The van der Waals surface area contributed by atoms with Crippen LogP contribution in [0.15, 0.2) is 22.8 Å². The maximum Gasteiger partial charge on any atom is 1.00 e. The Hall–Kier alpha value is 0.240. The first-order chi connectivity index (χ1) is 7.50. The number of nitrogens with zero attached hydrogens (tertiary/aromatic N) is 1. The second kappa shape index (κ2) is 7.14. The standard InChI is InChI=1S/C9H7NO5S.2Na/c11-5-3-6-10(5)8(9(14)15)4(16-6)1-2-7(12)13;;/h1-2,6H,3H2,(H,12,13)(H,14,15);;/q;2*+1/p-2/t6-;;/m0../s1. The van der Waals surface area contributed by atoms with Crippen molar-refractivity contribution in [3.8, 4) is 0 Å². The Morgan fingerprint density at radius 1 is 1.33 bits per heavy atom. The number of β-lactam (4-membered cyclic amide) rings is 1. The van der Waals surface area contributed by atoms with E-state index in [2.05, 4.69) is 0 Å². The summed E-state index contributed by atoms with van der Waals surface area (Å²) in [6.45, 7) is 0. The number of thioether (sulfide) groups is 1. The second-order valence-corrected chi connectivity index (χ2v) is 4.41. The first-order valence-electron chi connectivity index (χ1n) is 4.34. The Labute approximate surface area is 151 Å². The summed E-state index contributed by atoms with van der Waals surface area (Å²) in [4.78, 5) is 33.5. The van der Waals surface area contributed by atoms with Crippen molar-refractivity contribution in [2.45, 2.75) is 11.8 Å². The van der Waals surface area contributed by atoms with Gasteiger partial charge in [-0.05, 0) is 12.2 Å². The van der Waals surface area contributed by atoms with Crippen molar-refractivity contribution in [3.63, 3.8) is 0 Å². The van der Waals surface area contributed by atoms with E-state index in [1.54, 1.807) is 0 Å². The van der Waals surface area contributed by atoms with Crippen molar-refractivity contribution in [2.75, 3.05) is 0 Å². The summed E-state index contributed by atoms with van der Waals surface area (Å²) in [5.74, 6) is -3.21. The Morgan fingerprint density at radius 2 is 1.94 bits per heavy atom. The van der Waals surface area contributed by atoms with E-state index in [4.69, 9.17) is 0 Å². The molecule has 0 aromatic rings. The van der Waals surface area contributed by atoms with Gasteiger partial charge in [0.05, 0.1) is 29.4 Å². The quantitative estimate of drug-likeness (QED) is 0.290. The SMILES string of the molecule is O=C([O-])C=CC1=C(C(=O)[O-])N2C(=O)C[C@@H]2S1.[Na+].[Na+]. The molecular weight excluding hydrogens is 280 g/mol. The van der Waals surface area contributed by atoms with E-state index in [0.717, 1.165) is 28.8 Å². The van der Waals surface area contributed by atoms with Gasteiger partial charge >= 0.3 is 59.1 Å². The number of amides is 1.